The van der Waals surface area contributed by atoms with Crippen molar-refractivity contribution in [2.75, 3.05) is 0 Å². The van der Waals surface area contributed by atoms with E-state index in [0.717, 1.165) is 12.1 Å². The van der Waals surface area contributed by atoms with Crippen molar-refractivity contribution >= 4 is 5.78 Å². The van der Waals surface area contributed by atoms with E-state index in [1.807, 2.05) is 18.2 Å². The van der Waals surface area contributed by atoms with Gasteiger partial charge in [0.1, 0.15) is 5.78 Å². The minimum atomic E-state index is 0.322. The van der Waals surface area contributed by atoms with Gasteiger partial charge in [0, 0.05) is 24.7 Å². The third-order valence-electron chi connectivity index (χ3n) is 3.16. The first-order valence-corrected chi connectivity index (χ1v) is 7.24. The van der Waals surface area contributed by atoms with Crippen LogP contribution in [0.5, 0.6) is 0 Å². The second-order valence-corrected chi connectivity index (χ2v) is 4.91. The molecular formula is C16H25NO. The number of pyridine rings is 1. The van der Waals surface area contributed by atoms with Crippen LogP contribution in [0.15, 0.2) is 24.4 Å². The Morgan fingerprint density at radius 2 is 1.78 bits per heavy atom. The number of unbranched alkanes of at least 4 members (excludes halogenated alkanes) is 6. The molecule has 0 amide bonds. The van der Waals surface area contributed by atoms with Gasteiger partial charge in [-0.2, -0.15) is 0 Å². The molecule has 1 aromatic rings. The van der Waals surface area contributed by atoms with Crippen molar-refractivity contribution in [2.24, 2.45) is 0 Å². The number of hydrogen-bond acceptors (Lipinski definition) is 2. The number of carbonyl (C=O) groups excluding carboxylic acids is 1. The van der Waals surface area contributed by atoms with Crippen LogP contribution in [-0.2, 0) is 11.2 Å². The Labute approximate surface area is 111 Å². The fourth-order valence-electron chi connectivity index (χ4n) is 2.07. The lowest BCUT2D eigenvalue weighted by Gasteiger charge is -2.01. The van der Waals surface area contributed by atoms with Gasteiger partial charge in [-0.15, -0.1) is 0 Å². The Kier molecular flexibility index (Phi) is 8.11. The molecule has 0 N–H and O–H groups in total. The highest BCUT2D eigenvalue weighted by atomic mass is 16.1. The fraction of sp³-hybridized carbons (Fsp3) is 0.625. The minimum absolute atomic E-state index is 0.322. The molecule has 1 aromatic heterocycles. The van der Waals surface area contributed by atoms with Gasteiger partial charge in [-0.1, -0.05) is 51.5 Å². The van der Waals surface area contributed by atoms with E-state index in [2.05, 4.69) is 11.9 Å². The predicted octanol–water partition coefficient (Wildman–Crippen LogP) is 4.33. The van der Waals surface area contributed by atoms with Gasteiger partial charge in [-0.05, 0) is 18.6 Å². The van der Waals surface area contributed by atoms with Crippen LogP contribution in [0, 0.1) is 0 Å². The molecule has 0 aliphatic rings. The van der Waals surface area contributed by atoms with Crippen molar-refractivity contribution in [1.82, 2.24) is 4.98 Å². The molecule has 2 nitrogen and oxygen atoms in total. The van der Waals surface area contributed by atoms with E-state index in [-0.39, 0.29) is 0 Å². The Bertz CT molecular complexity index is 321. The van der Waals surface area contributed by atoms with Crippen LogP contribution in [0.4, 0.5) is 0 Å². The minimum Gasteiger partial charge on any atom is -0.299 e. The first kappa shape index (κ1) is 14.9. The normalized spacial score (nSPS) is 10.5. The number of rotatable bonds is 10. The van der Waals surface area contributed by atoms with E-state index in [0.29, 0.717) is 18.6 Å². The smallest absolute Gasteiger partial charge is 0.138 e. The van der Waals surface area contributed by atoms with Gasteiger partial charge in [0.05, 0.1) is 0 Å². The van der Waals surface area contributed by atoms with Crippen molar-refractivity contribution in [3.63, 3.8) is 0 Å². The SMILES string of the molecule is CCCCCCCCCC(=O)Cc1ccccn1. The van der Waals surface area contributed by atoms with E-state index in [1.54, 1.807) is 6.20 Å². The zero-order chi connectivity index (χ0) is 13.1. The molecule has 0 aliphatic heterocycles. The molecule has 0 spiro atoms. The summed E-state index contributed by atoms with van der Waals surface area (Å²) in [6, 6.07) is 5.73. The summed E-state index contributed by atoms with van der Waals surface area (Å²) in [6.45, 7) is 2.23. The highest BCUT2D eigenvalue weighted by Crippen LogP contribution is 2.09. The van der Waals surface area contributed by atoms with Gasteiger partial charge in [0.15, 0.2) is 0 Å². The average Bonchev–Trinajstić information content (AvgIpc) is 2.39. The molecule has 0 aromatic carbocycles. The molecule has 0 atom stereocenters. The Balaban J connectivity index is 2.00. The summed E-state index contributed by atoms with van der Waals surface area (Å²) >= 11 is 0. The van der Waals surface area contributed by atoms with Crippen molar-refractivity contribution in [1.29, 1.82) is 0 Å². The molecule has 1 heterocycles. The molecule has 0 saturated carbocycles. The third kappa shape index (κ3) is 7.21. The molecule has 0 bridgehead atoms. The van der Waals surface area contributed by atoms with Crippen LogP contribution in [0.1, 0.15) is 64.0 Å². The van der Waals surface area contributed by atoms with Crippen molar-refractivity contribution in [3.05, 3.63) is 30.1 Å². The monoisotopic (exact) mass is 247 g/mol. The van der Waals surface area contributed by atoms with E-state index >= 15 is 0 Å². The highest BCUT2D eigenvalue weighted by molar-refractivity contribution is 5.80. The number of ketones is 1. The van der Waals surface area contributed by atoms with E-state index < -0.39 is 0 Å². The molecule has 0 aliphatic carbocycles. The van der Waals surface area contributed by atoms with Crippen LogP contribution >= 0.6 is 0 Å². The lowest BCUT2D eigenvalue weighted by molar-refractivity contribution is -0.118. The number of aromatic nitrogens is 1. The average molecular weight is 247 g/mol. The van der Waals surface area contributed by atoms with E-state index in [4.69, 9.17) is 0 Å². The maximum Gasteiger partial charge on any atom is 0.138 e. The van der Waals surface area contributed by atoms with Gasteiger partial charge in [0.2, 0.25) is 0 Å². The third-order valence-corrected chi connectivity index (χ3v) is 3.16. The van der Waals surface area contributed by atoms with Crippen molar-refractivity contribution < 1.29 is 4.79 Å². The zero-order valence-corrected chi connectivity index (χ0v) is 11.5. The number of Topliss-reactive ketones (excluding diaryl/α,β-unsaturated/α-hetero) is 1. The summed E-state index contributed by atoms with van der Waals surface area (Å²) in [5.74, 6) is 0.322. The summed E-state index contributed by atoms with van der Waals surface area (Å²) in [6.07, 6.45) is 11.8. The first-order chi connectivity index (χ1) is 8.83. The lowest BCUT2D eigenvalue weighted by atomic mass is 10.0. The van der Waals surface area contributed by atoms with Crippen LogP contribution in [0.3, 0.4) is 0 Å². The van der Waals surface area contributed by atoms with E-state index in [9.17, 15) is 4.79 Å². The Morgan fingerprint density at radius 3 is 2.44 bits per heavy atom. The second-order valence-electron chi connectivity index (χ2n) is 4.91. The fourth-order valence-corrected chi connectivity index (χ4v) is 2.07. The van der Waals surface area contributed by atoms with E-state index in [1.165, 1.54) is 38.5 Å². The molecule has 100 valence electrons. The number of carbonyl (C=O) groups is 1. The Hall–Kier alpha value is -1.18. The summed E-state index contributed by atoms with van der Waals surface area (Å²) < 4.78 is 0. The summed E-state index contributed by atoms with van der Waals surface area (Å²) in [4.78, 5) is 15.9. The number of hydrogen-bond donors (Lipinski definition) is 0. The van der Waals surface area contributed by atoms with Gasteiger partial charge in [-0.3, -0.25) is 9.78 Å². The molecule has 0 radical (unpaired) electrons. The molecule has 0 unspecified atom stereocenters. The summed E-state index contributed by atoms with van der Waals surface area (Å²) in [5.41, 5.74) is 0.894. The van der Waals surface area contributed by atoms with Crippen molar-refractivity contribution in [3.8, 4) is 0 Å². The molecule has 0 saturated heterocycles. The van der Waals surface area contributed by atoms with Crippen LogP contribution < -0.4 is 0 Å². The number of nitrogens with zero attached hydrogens (tertiary/aromatic N) is 1. The quantitative estimate of drug-likeness (QED) is 0.576. The van der Waals surface area contributed by atoms with Crippen LogP contribution in [0.25, 0.3) is 0 Å². The standard InChI is InChI=1S/C16H25NO/c1-2-3-4-5-6-7-8-12-16(18)14-15-11-9-10-13-17-15/h9-11,13H,2-8,12,14H2,1H3. The Morgan fingerprint density at radius 1 is 1.06 bits per heavy atom. The first-order valence-electron chi connectivity index (χ1n) is 7.24. The molecule has 0 fully saturated rings. The maximum atomic E-state index is 11.7. The maximum absolute atomic E-state index is 11.7. The lowest BCUT2D eigenvalue weighted by Crippen LogP contribution is -2.03. The summed E-state index contributed by atoms with van der Waals surface area (Å²) in [5, 5.41) is 0. The van der Waals surface area contributed by atoms with Gasteiger partial charge >= 0.3 is 0 Å². The zero-order valence-electron chi connectivity index (χ0n) is 11.5. The van der Waals surface area contributed by atoms with Gasteiger partial charge in [0.25, 0.3) is 0 Å². The largest absolute Gasteiger partial charge is 0.299 e. The molecule has 2 heteroatoms. The summed E-state index contributed by atoms with van der Waals surface area (Å²) in [7, 11) is 0. The second kappa shape index (κ2) is 9.81. The molecule has 18 heavy (non-hydrogen) atoms. The topological polar surface area (TPSA) is 30.0 Å². The van der Waals surface area contributed by atoms with Gasteiger partial charge < -0.3 is 0 Å². The van der Waals surface area contributed by atoms with Crippen molar-refractivity contribution in [2.45, 2.75) is 64.7 Å². The predicted molar refractivity (Wildman–Crippen MR) is 75.6 cm³/mol. The van der Waals surface area contributed by atoms with Gasteiger partial charge in [-0.25, -0.2) is 0 Å². The molecular weight excluding hydrogens is 222 g/mol. The van der Waals surface area contributed by atoms with Crippen LogP contribution in [-0.4, -0.2) is 10.8 Å². The molecule has 1 rings (SSSR count). The van der Waals surface area contributed by atoms with Crippen LogP contribution in [0.2, 0.25) is 0 Å². The highest BCUT2D eigenvalue weighted by Gasteiger charge is 2.03.